The molecule has 0 fully saturated rings. The second-order valence-corrected chi connectivity index (χ2v) is 10.1. The summed E-state index contributed by atoms with van der Waals surface area (Å²) in [5, 5.41) is 5.76. The van der Waals surface area contributed by atoms with E-state index in [0.29, 0.717) is 51.3 Å². The number of unbranched alkanes of at least 4 members (excludes halogenated alkanes) is 5. The Morgan fingerprint density at radius 3 is 1.91 bits per heavy atom. The summed E-state index contributed by atoms with van der Waals surface area (Å²) in [5.41, 5.74) is 1.66. The maximum absolute atomic E-state index is 11.9. The van der Waals surface area contributed by atoms with Gasteiger partial charge in [-0.3, -0.25) is 14.4 Å². The van der Waals surface area contributed by atoms with E-state index < -0.39 is 11.7 Å². The van der Waals surface area contributed by atoms with Gasteiger partial charge in [-0.1, -0.05) is 39.5 Å². The van der Waals surface area contributed by atoms with Crippen LogP contribution in [0.1, 0.15) is 105 Å². The van der Waals surface area contributed by atoms with Crippen molar-refractivity contribution in [1.29, 1.82) is 0 Å². The second kappa shape index (κ2) is 21.4. The highest BCUT2D eigenvalue weighted by Crippen LogP contribution is 2.07. The molecule has 0 aliphatic carbocycles. The summed E-state index contributed by atoms with van der Waals surface area (Å²) < 4.78 is 10.7. The summed E-state index contributed by atoms with van der Waals surface area (Å²) in [5.74, 6) is 0.589. The van der Waals surface area contributed by atoms with Gasteiger partial charge in [0.25, 0.3) is 0 Å². The van der Waals surface area contributed by atoms with Gasteiger partial charge in [-0.15, -0.1) is 0 Å². The highest BCUT2D eigenvalue weighted by atomic mass is 16.7. The summed E-state index contributed by atoms with van der Waals surface area (Å²) in [6, 6.07) is 0. The lowest BCUT2D eigenvalue weighted by Crippen LogP contribution is -2.32. The number of carbonyl (C=O) groups is 3. The number of hydrogen-bond donors (Lipinski definition) is 3. The van der Waals surface area contributed by atoms with Gasteiger partial charge in [-0.2, -0.15) is 5.48 Å². The zero-order valence-corrected chi connectivity index (χ0v) is 22.8. The summed E-state index contributed by atoms with van der Waals surface area (Å²) in [4.78, 5) is 40.2. The van der Waals surface area contributed by atoms with Crippen LogP contribution in [0.15, 0.2) is 0 Å². The van der Waals surface area contributed by atoms with Crippen LogP contribution in [0, 0.1) is 5.92 Å². The molecule has 0 saturated heterocycles. The number of hydrogen-bond acceptors (Lipinski definition) is 6. The molecule has 0 aromatic heterocycles. The van der Waals surface area contributed by atoms with Gasteiger partial charge in [-0.25, -0.2) is 4.79 Å². The molecule has 0 heterocycles. The molecule has 0 aromatic rings. The molecular formula is C26H51N3O6. The third-order valence-corrected chi connectivity index (χ3v) is 5.24. The number of rotatable bonds is 21. The lowest BCUT2D eigenvalue weighted by Gasteiger charge is -2.19. The zero-order valence-electron chi connectivity index (χ0n) is 22.8. The fraction of sp³-hybridized carbons (Fsp3) is 0.885. The van der Waals surface area contributed by atoms with Crippen LogP contribution in [-0.4, -0.2) is 56.4 Å². The number of hydroxylamine groups is 1. The van der Waals surface area contributed by atoms with Gasteiger partial charge >= 0.3 is 6.09 Å². The second-order valence-electron chi connectivity index (χ2n) is 10.1. The van der Waals surface area contributed by atoms with Crippen molar-refractivity contribution in [3.05, 3.63) is 0 Å². The molecule has 3 N–H and O–H groups in total. The number of ether oxygens (including phenoxy) is 2. The average molecular weight is 502 g/mol. The Morgan fingerprint density at radius 2 is 1.31 bits per heavy atom. The monoisotopic (exact) mass is 501 g/mol. The molecule has 35 heavy (non-hydrogen) atoms. The molecule has 1 unspecified atom stereocenters. The van der Waals surface area contributed by atoms with E-state index in [1.165, 1.54) is 6.42 Å². The highest BCUT2D eigenvalue weighted by Gasteiger charge is 2.15. The van der Waals surface area contributed by atoms with E-state index in [0.717, 1.165) is 51.7 Å². The van der Waals surface area contributed by atoms with E-state index in [-0.39, 0.29) is 11.8 Å². The standard InChI is InChI=1S/C26H51N3O6/c1-6-22(2)21-33-19-12-9-7-8-10-17-27-23(30)15-14-16-24(31)28-18-11-13-20-34-29-25(32)35-26(3,4)5/h22H,6-21H2,1-5H3,(H,27,30)(H,28,31)(H,29,32). The molecule has 206 valence electrons. The minimum atomic E-state index is -0.622. The van der Waals surface area contributed by atoms with Crippen molar-refractivity contribution in [2.45, 2.75) is 111 Å². The molecule has 0 bridgehead atoms. The maximum atomic E-state index is 11.9. The first-order chi connectivity index (χ1) is 16.6. The first-order valence-electron chi connectivity index (χ1n) is 13.4. The number of nitrogens with one attached hydrogen (secondary N) is 3. The van der Waals surface area contributed by atoms with Crippen molar-refractivity contribution in [1.82, 2.24) is 16.1 Å². The molecule has 0 aromatic carbocycles. The van der Waals surface area contributed by atoms with Gasteiger partial charge in [0.05, 0.1) is 6.61 Å². The largest absolute Gasteiger partial charge is 0.442 e. The Morgan fingerprint density at radius 1 is 0.771 bits per heavy atom. The Balaban J connectivity index is 3.43. The van der Waals surface area contributed by atoms with Gasteiger partial charge < -0.3 is 20.1 Å². The molecule has 1 atom stereocenters. The van der Waals surface area contributed by atoms with Gasteiger partial charge in [0.15, 0.2) is 0 Å². The Kier molecular flexibility index (Phi) is 20.3. The van der Waals surface area contributed by atoms with Crippen molar-refractivity contribution in [2.75, 3.05) is 32.9 Å². The topological polar surface area (TPSA) is 115 Å². The fourth-order valence-corrected chi connectivity index (χ4v) is 3.01. The minimum absolute atomic E-state index is 0.00544. The van der Waals surface area contributed by atoms with Crippen LogP contribution in [0.4, 0.5) is 4.79 Å². The van der Waals surface area contributed by atoms with Gasteiger partial charge in [0.2, 0.25) is 11.8 Å². The molecule has 3 amide bonds. The van der Waals surface area contributed by atoms with Crippen LogP contribution < -0.4 is 16.1 Å². The van der Waals surface area contributed by atoms with E-state index in [4.69, 9.17) is 14.3 Å². The van der Waals surface area contributed by atoms with Crippen molar-refractivity contribution in [2.24, 2.45) is 5.92 Å². The predicted molar refractivity (Wildman–Crippen MR) is 138 cm³/mol. The van der Waals surface area contributed by atoms with E-state index in [2.05, 4.69) is 30.0 Å². The third kappa shape index (κ3) is 25.0. The van der Waals surface area contributed by atoms with Crippen LogP contribution in [0.3, 0.4) is 0 Å². The van der Waals surface area contributed by atoms with Crippen LogP contribution in [0.25, 0.3) is 0 Å². The molecule has 0 rings (SSSR count). The lowest BCUT2D eigenvalue weighted by molar-refractivity contribution is -0.122. The van der Waals surface area contributed by atoms with Gasteiger partial charge in [0.1, 0.15) is 5.60 Å². The molecule has 0 radical (unpaired) electrons. The Labute approximate surface area is 212 Å². The molecule has 0 aliphatic heterocycles. The van der Waals surface area contributed by atoms with Crippen molar-refractivity contribution < 1.29 is 28.7 Å². The van der Waals surface area contributed by atoms with Crippen LogP contribution in [0.2, 0.25) is 0 Å². The average Bonchev–Trinajstić information content (AvgIpc) is 2.78. The summed E-state index contributed by atoms with van der Waals surface area (Å²) in [7, 11) is 0. The lowest BCUT2D eigenvalue weighted by atomic mass is 10.1. The first-order valence-corrected chi connectivity index (χ1v) is 13.4. The van der Waals surface area contributed by atoms with Crippen molar-refractivity contribution >= 4 is 17.9 Å². The SMILES string of the molecule is CCC(C)COCCCCCCCNC(=O)CCCC(=O)NCCCCONC(=O)OC(C)(C)C. The molecule has 9 nitrogen and oxygen atoms in total. The van der Waals surface area contributed by atoms with E-state index in [1.54, 1.807) is 20.8 Å². The first kappa shape index (κ1) is 33.1. The Hall–Kier alpha value is -1.87. The van der Waals surface area contributed by atoms with Crippen molar-refractivity contribution in [3.63, 3.8) is 0 Å². The summed E-state index contributed by atoms with van der Waals surface area (Å²) in [6.07, 6.45) is 8.72. The molecule has 0 saturated carbocycles. The molecule has 0 aliphatic rings. The normalized spacial score (nSPS) is 12.1. The molecular weight excluding hydrogens is 450 g/mol. The van der Waals surface area contributed by atoms with Crippen LogP contribution in [0.5, 0.6) is 0 Å². The Bertz CT molecular complexity index is 566. The highest BCUT2D eigenvalue weighted by molar-refractivity contribution is 5.78. The van der Waals surface area contributed by atoms with Crippen LogP contribution >= 0.6 is 0 Å². The molecule has 9 heteroatoms. The van der Waals surface area contributed by atoms with Crippen molar-refractivity contribution in [3.8, 4) is 0 Å². The molecule has 0 spiro atoms. The fourth-order valence-electron chi connectivity index (χ4n) is 3.01. The van der Waals surface area contributed by atoms with E-state index in [9.17, 15) is 14.4 Å². The van der Waals surface area contributed by atoms with Crippen LogP contribution in [-0.2, 0) is 23.9 Å². The summed E-state index contributed by atoms with van der Waals surface area (Å²) in [6.45, 7) is 13.0. The minimum Gasteiger partial charge on any atom is -0.442 e. The summed E-state index contributed by atoms with van der Waals surface area (Å²) >= 11 is 0. The van der Waals surface area contributed by atoms with Gasteiger partial charge in [-0.05, 0) is 58.8 Å². The van der Waals surface area contributed by atoms with E-state index >= 15 is 0 Å². The van der Waals surface area contributed by atoms with Gasteiger partial charge in [0, 0.05) is 39.1 Å². The number of amides is 3. The smallest absolute Gasteiger partial charge is 0.431 e. The quantitative estimate of drug-likeness (QED) is 0.156. The number of carbonyl (C=O) groups excluding carboxylic acids is 3. The third-order valence-electron chi connectivity index (χ3n) is 5.24. The predicted octanol–water partition coefficient (Wildman–Crippen LogP) is 4.64. The maximum Gasteiger partial charge on any atom is 0.431 e. The van der Waals surface area contributed by atoms with E-state index in [1.807, 2.05) is 0 Å². The zero-order chi connectivity index (χ0) is 26.4.